The highest BCUT2D eigenvalue weighted by Gasteiger charge is 2.09. The SMILES string of the molecule is C=CCc1cc(/C=N\NC(=O)Cc2ccc(OC)cc2)cc(OC)c1O. The first-order valence-electron chi connectivity index (χ1n) is 8.03. The average molecular weight is 354 g/mol. The Morgan fingerprint density at radius 2 is 1.96 bits per heavy atom. The van der Waals surface area contributed by atoms with Crippen LogP contribution in [0.4, 0.5) is 0 Å². The van der Waals surface area contributed by atoms with Crippen molar-refractivity contribution in [3.8, 4) is 17.2 Å². The number of hydrogen-bond acceptors (Lipinski definition) is 5. The molecule has 0 saturated heterocycles. The van der Waals surface area contributed by atoms with E-state index < -0.39 is 0 Å². The van der Waals surface area contributed by atoms with Crippen molar-refractivity contribution in [2.24, 2.45) is 5.10 Å². The molecule has 0 heterocycles. The van der Waals surface area contributed by atoms with Gasteiger partial charge in [-0.2, -0.15) is 5.10 Å². The van der Waals surface area contributed by atoms with E-state index in [-0.39, 0.29) is 18.1 Å². The molecule has 2 N–H and O–H groups in total. The van der Waals surface area contributed by atoms with Gasteiger partial charge in [0.2, 0.25) is 5.91 Å². The highest BCUT2D eigenvalue weighted by molar-refractivity contribution is 5.84. The van der Waals surface area contributed by atoms with E-state index in [1.807, 2.05) is 12.1 Å². The Hall–Kier alpha value is -3.28. The molecular formula is C20H22N2O4. The van der Waals surface area contributed by atoms with Crippen molar-refractivity contribution < 1.29 is 19.4 Å². The number of carbonyl (C=O) groups excluding carboxylic acids is 1. The lowest BCUT2D eigenvalue weighted by atomic mass is 10.1. The van der Waals surface area contributed by atoms with E-state index in [0.717, 1.165) is 11.3 Å². The van der Waals surface area contributed by atoms with Crippen LogP contribution in [-0.4, -0.2) is 31.4 Å². The predicted octanol–water partition coefficient (Wildman–Crippen LogP) is 2.83. The van der Waals surface area contributed by atoms with Crippen molar-refractivity contribution >= 4 is 12.1 Å². The van der Waals surface area contributed by atoms with Crippen LogP contribution in [0.3, 0.4) is 0 Å². The van der Waals surface area contributed by atoms with Gasteiger partial charge in [0, 0.05) is 5.56 Å². The molecule has 0 spiro atoms. The second kappa shape index (κ2) is 9.27. The van der Waals surface area contributed by atoms with E-state index in [9.17, 15) is 9.90 Å². The van der Waals surface area contributed by atoms with Gasteiger partial charge in [-0.1, -0.05) is 18.2 Å². The molecule has 26 heavy (non-hydrogen) atoms. The van der Waals surface area contributed by atoms with Gasteiger partial charge in [0.05, 0.1) is 26.9 Å². The topological polar surface area (TPSA) is 80.2 Å². The van der Waals surface area contributed by atoms with Gasteiger partial charge in [0.1, 0.15) is 5.75 Å². The smallest absolute Gasteiger partial charge is 0.244 e. The van der Waals surface area contributed by atoms with Gasteiger partial charge in [-0.3, -0.25) is 4.79 Å². The highest BCUT2D eigenvalue weighted by Crippen LogP contribution is 2.31. The van der Waals surface area contributed by atoms with E-state index in [4.69, 9.17) is 9.47 Å². The van der Waals surface area contributed by atoms with Crippen molar-refractivity contribution in [2.75, 3.05) is 14.2 Å². The maximum atomic E-state index is 12.0. The molecule has 0 aliphatic carbocycles. The number of rotatable bonds is 8. The minimum absolute atomic E-state index is 0.0769. The molecule has 2 rings (SSSR count). The summed E-state index contributed by atoms with van der Waals surface area (Å²) in [5, 5.41) is 14.0. The molecule has 0 fully saturated rings. The summed E-state index contributed by atoms with van der Waals surface area (Å²) in [4.78, 5) is 12.0. The summed E-state index contributed by atoms with van der Waals surface area (Å²) in [5.74, 6) is 0.927. The number of nitrogens with one attached hydrogen (secondary N) is 1. The van der Waals surface area contributed by atoms with Crippen molar-refractivity contribution in [1.29, 1.82) is 0 Å². The number of carbonyl (C=O) groups is 1. The Labute approximate surface area is 152 Å². The highest BCUT2D eigenvalue weighted by atomic mass is 16.5. The van der Waals surface area contributed by atoms with Crippen molar-refractivity contribution in [3.05, 3.63) is 65.7 Å². The first kappa shape index (κ1) is 19.1. The number of allylic oxidation sites excluding steroid dienone is 1. The van der Waals surface area contributed by atoms with Gasteiger partial charge in [-0.25, -0.2) is 5.43 Å². The third kappa shape index (κ3) is 5.11. The number of nitrogens with zero attached hydrogens (tertiary/aromatic N) is 1. The molecule has 0 unspecified atom stereocenters. The number of aromatic hydroxyl groups is 1. The molecule has 0 radical (unpaired) electrons. The van der Waals surface area contributed by atoms with E-state index in [1.54, 1.807) is 37.5 Å². The minimum Gasteiger partial charge on any atom is -0.504 e. The summed E-state index contributed by atoms with van der Waals surface area (Å²) in [7, 11) is 3.07. The predicted molar refractivity (Wildman–Crippen MR) is 101 cm³/mol. The lowest BCUT2D eigenvalue weighted by Crippen LogP contribution is -2.19. The van der Waals surface area contributed by atoms with Crippen LogP contribution in [0.5, 0.6) is 17.2 Å². The maximum Gasteiger partial charge on any atom is 0.244 e. The third-order valence-electron chi connectivity index (χ3n) is 3.69. The number of hydrogen-bond donors (Lipinski definition) is 2. The molecule has 2 aromatic carbocycles. The fourth-order valence-electron chi connectivity index (χ4n) is 2.38. The molecule has 2 aromatic rings. The Balaban J connectivity index is 2.01. The van der Waals surface area contributed by atoms with Crippen LogP contribution >= 0.6 is 0 Å². The number of methoxy groups -OCH3 is 2. The second-order valence-corrected chi connectivity index (χ2v) is 5.54. The van der Waals surface area contributed by atoms with Crippen LogP contribution < -0.4 is 14.9 Å². The van der Waals surface area contributed by atoms with Gasteiger partial charge in [-0.15, -0.1) is 6.58 Å². The first-order valence-corrected chi connectivity index (χ1v) is 8.03. The monoisotopic (exact) mass is 354 g/mol. The van der Waals surface area contributed by atoms with Gasteiger partial charge < -0.3 is 14.6 Å². The Morgan fingerprint density at radius 1 is 1.23 bits per heavy atom. The minimum atomic E-state index is -0.233. The first-order chi connectivity index (χ1) is 12.6. The zero-order valence-corrected chi connectivity index (χ0v) is 14.9. The van der Waals surface area contributed by atoms with E-state index in [2.05, 4.69) is 17.1 Å². The van der Waals surface area contributed by atoms with Crippen LogP contribution in [0.2, 0.25) is 0 Å². The molecule has 0 aromatic heterocycles. The number of amides is 1. The average Bonchev–Trinajstić information content (AvgIpc) is 2.65. The molecule has 0 aliphatic heterocycles. The number of hydrazone groups is 1. The zero-order chi connectivity index (χ0) is 18.9. The van der Waals surface area contributed by atoms with Crippen LogP contribution in [0, 0.1) is 0 Å². The summed E-state index contributed by atoms with van der Waals surface area (Å²) in [6.45, 7) is 3.67. The van der Waals surface area contributed by atoms with Crippen LogP contribution in [0.1, 0.15) is 16.7 Å². The number of benzene rings is 2. The van der Waals surface area contributed by atoms with Gasteiger partial charge in [-0.05, 0) is 41.8 Å². The standard InChI is InChI=1S/C20H22N2O4/c1-4-5-16-10-15(11-18(26-3)20(16)24)13-21-22-19(23)12-14-6-8-17(25-2)9-7-14/h4,6-11,13,24H,1,5,12H2,2-3H3,(H,22,23)/b21-13-. The normalized spacial score (nSPS) is 10.5. The molecule has 136 valence electrons. The van der Waals surface area contributed by atoms with Crippen LogP contribution in [0.25, 0.3) is 0 Å². The Bertz CT molecular complexity index is 798. The van der Waals surface area contributed by atoms with Crippen LogP contribution in [-0.2, 0) is 17.6 Å². The van der Waals surface area contributed by atoms with Gasteiger partial charge in [0.25, 0.3) is 0 Å². The summed E-state index contributed by atoms with van der Waals surface area (Å²) in [6, 6.07) is 10.7. The molecule has 0 bridgehead atoms. The Morgan fingerprint density at radius 3 is 2.58 bits per heavy atom. The molecule has 1 amide bonds. The molecular weight excluding hydrogens is 332 g/mol. The van der Waals surface area contributed by atoms with Crippen molar-refractivity contribution in [1.82, 2.24) is 5.43 Å². The van der Waals surface area contributed by atoms with Crippen molar-refractivity contribution in [3.63, 3.8) is 0 Å². The fraction of sp³-hybridized carbons (Fsp3) is 0.200. The lowest BCUT2D eigenvalue weighted by molar-refractivity contribution is -0.120. The lowest BCUT2D eigenvalue weighted by Gasteiger charge is -2.09. The Kier molecular flexibility index (Phi) is 6.79. The summed E-state index contributed by atoms with van der Waals surface area (Å²) in [6.07, 6.45) is 3.89. The van der Waals surface area contributed by atoms with Gasteiger partial charge in [0.15, 0.2) is 11.5 Å². The summed E-state index contributed by atoms with van der Waals surface area (Å²) >= 11 is 0. The van der Waals surface area contributed by atoms with E-state index in [0.29, 0.717) is 23.3 Å². The fourth-order valence-corrected chi connectivity index (χ4v) is 2.38. The number of phenols is 1. The number of phenolic OH excluding ortho intramolecular Hbond substituents is 1. The van der Waals surface area contributed by atoms with Crippen LogP contribution in [0.15, 0.2) is 54.2 Å². The molecule has 0 saturated carbocycles. The molecule has 0 atom stereocenters. The third-order valence-corrected chi connectivity index (χ3v) is 3.69. The summed E-state index contributed by atoms with van der Waals surface area (Å²) < 4.78 is 10.2. The van der Waals surface area contributed by atoms with E-state index in [1.165, 1.54) is 13.3 Å². The zero-order valence-electron chi connectivity index (χ0n) is 14.9. The maximum absolute atomic E-state index is 12.0. The number of ether oxygens (including phenoxy) is 2. The van der Waals surface area contributed by atoms with Gasteiger partial charge >= 0.3 is 0 Å². The quantitative estimate of drug-likeness (QED) is 0.434. The second-order valence-electron chi connectivity index (χ2n) is 5.54. The molecule has 6 nitrogen and oxygen atoms in total. The largest absolute Gasteiger partial charge is 0.504 e. The van der Waals surface area contributed by atoms with E-state index >= 15 is 0 Å². The molecule has 6 heteroatoms. The molecule has 0 aliphatic rings. The van der Waals surface area contributed by atoms with Crippen molar-refractivity contribution in [2.45, 2.75) is 12.8 Å². The summed E-state index contributed by atoms with van der Waals surface area (Å²) in [5.41, 5.74) is 4.71.